The number of rotatable bonds is 4. The van der Waals surface area contributed by atoms with Crippen LogP contribution in [0.1, 0.15) is 90.7 Å². The first-order valence-corrected chi connectivity index (χ1v) is 17.7. The van der Waals surface area contributed by atoms with E-state index in [9.17, 15) is 14.4 Å². The summed E-state index contributed by atoms with van der Waals surface area (Å²) in [4.78, 5) is 52.0. The van der Waals surface area contributed by atoms with Gasteiger partial charge in [-0.25, -0.2) is 14.8 Å². The minimum Gasteiger partial charge on any atom is -0.497 e. The molecule has 2 aromatic rings. The first kappa shape index (κ1) is 35.2. The summed E-state index contributed by atoms with van der Waals surface area (Å²) in [5, 5.41) is 2.93. The van der Waals surface area contributed by atoms with Gasteiger partial charge in [0.15, 0.2) is 11.5 Å². The van der Waals surface area contributed by atoms with Gasteiger partial charge >= 0.3 is 6.09 Å². The first-order chi connectivity index (χ1) is 23.4. The molecule has 0 unspecified atom stereocenters. The van der Waals surface area contributed by atoms with E-state index in [2.05, 4.69) is 15.3 Å². The molecule has 2 saturated heterocycles. The highest BCUT2D eigenvalue weighted by Crippen LogP contribution is 2.43. The van der Waals surface area contributed by atoms with E-state index in [-0.39, 0.29) is 42.2 Å². The lowest BCUT2D eigenvalue weighted by Crippen LogP contribution is -2.59. The molecule has 2 bridgehead atoms. The van der Waals surface area contributed by atoms with Gasteiger partial charge < -0.3 is 29.2 Å². The van der Waals surface area contributed by atoms with Crippen LogP contribution in [0.2, 0.25) is 0 Å². The lowest BCUT2D eigenvalue weighted by atomic mass is 9.75. The van der Waals surface area contributed by atoms with E-state index < -0.39 is 59.6 Å². The van der Waals surface area contributed by atoms with Gasteiger partial charge in [-0.3, -0.25) is 9.59 Å². The van der Waals surface area contributed by atoms with Crippen molar-refractivity contribution in [2.75, 3.05) is 26.9 Å². The van der Waals surface area contributed by atoms with Gasteiger partial charge in [0.05, 0.1) is 30.7 Å². The largest absolute Gasteiger partial charge is 0.497 e. The van der Waals surface area contributed by atoms with Crippen molar-refractivity contribution >= 4 is 28.8 Å². The van der Waals surface area contributed by atoms with Crippen molar-refractivity contribution < 1.29 is 42.1 Å². The van der Waals surface area contributed by atoms with Crippen LogP contribution in [0, 0.1) is 17.3 Å². The molecule has 1 aromatic carbocycles. The third kappa shape index (κ3) is 7.18. The fourth-order valence-electron chi connectivity index (χ4n) is 8.32. The Morgan fingerprint density at radius 2 is 1.78 bits per heavy atom. The first-order valence-electron chi connectivity index (χ1n) is 17.7. The highest BCUT2D eigenvalue weighted by Gasteiger charge is 2.52. The zero-order valence-corrected chi connectivity index (χ0v) is 28.8. The number of nitrogens with zero attached hydrogens (tertiary/aromatic N) is 3. The summed E-state index contributed by atoms with van der Waals surface area (Å²) in [5.41, 5.74) is -0.645. The topological polar surface area (TPSA) is 129 Å². The molecule has 1 saturated carbocycles. The van der Waals surface area contributed by atoms with Crippen molar-refractivity contribution in [1.29, 1.82) is 0 Å². The molecule has 3 fully saturated rings. The van der Waals surface area contributed by atoms with Gasteiger partial charge in [-0.05, 0) is 76.3 Å². The molecule has 4 heterocycles. The Bertz CT molecular complexity index is 1550. The van der Waals surface area contributed by atoms with Gasteiger partial charge in [-0.2, -0.15) is 8.78 Å². The zero-order valence-electron chi connectivity index (χ0n) is 28.8. The van der Waals surface area contributed by atoms with Crippen LogP contribution in [0.3, 0.4) is 0 Å². The van der Waals surface area contributed by atoms with Crippen molar-refractivity contribution in [2.45, 2.75) is 115 Å². The number of ketones is 1. The molecule has 13 heteroatoms. The van der Waals surface area contributed by atoms with Crippen LogP contribution >= 0.6 is 0 Å². The second-order valence-corrected chi connectivity index (χ2v) is 14.4. The highest BCUT2D eigenvalue weighted by atomic mass is 19.3. The van der Waals surface area contributed by atoms with Gasteiger partial charge in [-0.1, -0.05) is 20.3 Å². The molecular formula is C36H48F2N4O7. The standard InChI is InChI=1S/C36H48F2N4O7/c1-5-24-28-20-42(29(24)21(2)43)33(44)31(35(3)15-17-47-18-16-35)41-34(45)49-27-11-8-10-22(27)9-6-7-14-36(37,38)30-32(48-28)40-26-19-23(46-4)12-13-25(26)39-30/h12-13,19,22,24,27-29,31H,5-11,14-18,20H2,1-4H3,(H,41,45)/t22-,24-,27-,28+,29-,31-/m1/s1. The summed E-state index contributed by atoms with van der Waals surface area (Å²) in [6, 6.07) is 2.93. The van der Waals surface area contributed by atoms with Crippen LogP contribution < -0.4 is 14.8 Å². The maximum Gasteiger partial charge on any atom is 0.408 e. The van der Waals surface area contributed by atoms with Crippen LogP contribution in [0.4, 0.5) is 13.6 Å². The Hall–Kier alpha value is -3.61. The van der Waals surface area contributed by atoms with Crippen molar-refractivity contribution in [1.82, 2.24) is 20.2 Å². The number of carbonyl (C=O) groups excluding carboxylic acids is 3. The van der Waals surface area contributed by atoms with Gasteiger partial charge in [0.1, 0.15) is 24.0 Å². The van der Waals surface area contributed by atoms with Gasteiger partial charge in [0.25, 0.3) is 5.92 Å². The number of hydrogen-bond acceptors (Lipinski definition) is 9. The third-order valence-electron chi connectivity index (χ3n) is 11.2. The van der Waals surface area contributed by atoms with Crippen LogP contribution in [-0.2, 0) is 25.0 Å². The number of ether oxygens (including phenoxy) is 4. The van der Waals surface area contributed by atoms with E-state index in [1.165, 1.54) is 18.9 Å². The number of carbonyl (C=O) groups is 3. The number of Topliss-reactive ketones (excluding diaryl/α,β-unsaturated/α-hetero) is 1. The van der Waals surface area contributed by atoms with Crippen molar-refractivity contribution in [3.8, 4) is 11.6 Å². The van der Waals surface area contributed by atoms with E-state index in [0.717, 1.165) is 12.8 Å². The molecule has 0 spiro atoms. The molecular weight excluding hydrogens is 638 g/mol. The van der Waals surface area contributed by atoms with Crippen LogP contribution in [0.25, 0.3) is 11.0 Å². The molecule has 3 aliphatic heterocycles. The molecule has 49 heavy (non-hydrogen) atoms. The normalized spacial score (nSPS) is 30.6. The fraction of sp³-hybridized carbons (Fsp3) is 0.694. The van der Waals surface area contributed by atoms with E-state index in [1.54, 1.807) is 18.2 Å². The summed E-state index contributed by atoms with van der Waals surface area (Å²) < 4.78 is 55.7. The maximum absolute atomic E-state index is 16.2. The number of fused-ring (bicyclic) bond motifs is 5. The lowest BCUT2D eigenvalue weighted by molar-refractivity contribution is -0.143. The maximum atomic E-state index is 16.2. The van der Waals surface area contributed by atoms with E-state index in [0.29, 0.717) is 63.0 Å². The van der Waals surface area contributed by atoms with Crippen molar-refractivity contribution in [3.63, 3.8) is 0 Å². The zero-order chi connectivity index (χ0) is 34.9. The SMILES string of the molecule is CC[C@@H]1[C@@H]2CN(C(=O)[C@H](C3(C)CCOCC3)NC(=O)O[C@@H]3CCC[C@H]3CCCCC(F)(F)c3nc4ccc(OC)cc4nc3O2)[C@@H]1C(C)=O. The second-order valence-electron chi connectivity index (χ2n) is 14.4. The molecule has 11 nitrogen and oxygen atoms in total. The Labute approximate surface area is 285 Å². The van der Waals surface area contributed by atoms with E-state index in [4.69, 9.17) is 18.9 Å². The molecule has 6 rings (SSSR count). The number of aromatic nitrogens is 2. The Balaban J connectivity index is 1.44. The number of halogens is 2. The number of alkyl carbamates (subject to hydrolysis) is 1. The van der Waals surface area contributed by atoms with E-state index >= 15 is 8.78 Å². The monoisotopic (exact) mass is 686 g/mol. The summed E-state index contributed by atoms with van der Waals surface area (Å²) >= 11 is 0. The molecule has 6 atom stereocenters. The summed E-state index contributed by atoms with van der Waals surface area (Å²) in [5.74, 6) is -4.39. The molecule has 4 aliphatic rings. The minimum absolute atomic E-state index is 0.0344. The Morgan fingerprint density at radius 1 is 1.02 bits per heavy atom. The number of nitrogens with one attached hydrogen (secondary N) is 1. The predicted octanol–water partition coefficient (Wildman–Crippen LogP) is 5.96. The molecule has 268 valence electrons. The molecule has 2 amide bonds. The quantitative estimate of drug-likeness (QED) is 0.415. The number of methoxy groups -OCH3 is 1. The van der Waals surface area contributed by atoms with Crippen molar-refractivity contribution in [2.24, 2.45) is 17.3 Å². The second kappa shape index (κ2) is 14.3. The van der Waals surface area contributed by atoms with Crippen molar-refractivity contribution in [3.05, 3.63) is 23.9 Å². The van der Waals surface area contributed by atoms with E-state index in [1.807, 2.05) is 13.8 Å². The van der Waals surface area contributed by atoms with Gasteiger partial charge in [0, 0.05) is 37.0 Å². The highest BCUT2D eigenvalue weighted by molar-refractivity contribution is 5.92. The fourth-order valence-corrected chi connectivity index (χ4v) is 8.32. The average molecular weight is 687 g/mol. The summed E-state index contributed by atoms with van der Waals surface area (Å²) in [7, 11) is 1.50. The Kier molecular flexibility index (Phi) is 10.3. The number of hydrogen-bond donors (Lipinski definition) is 1. The lowest BCUT2D eigenvalue weighted by Gasteiger charge is -2.42. The third-order valence-corrected chi connectivity index (χ3v) is 11.2. The van der Waals surface area contributed by atoms with Crippen LogP contribution in [0.5, 0.6) is 11.6 Å². The number of alkyl halides is 2. The van der Waals surface area contributed by atoms with Gasteiger partial charge in [-0.15, -0.1) is 0 Å². The van der Waals surface area contributed by atoms with Crippen LogP contribution in [-0.4, -0.2) is 83.8 Å². The predicted molar refractivity (Wildman–Crippen MR) is 176 cm³/mol. The average Bonchev–Trinajstić information content (AvgIpc) is 3.68. The number of amides is 2. The molecule has 1 N–H and O–H groups in total. The molecule has 0 radical (unpaired) electrons. The smallest absolute Gasteiger partial charge is 0.408 e. The number of benzene rings is 1. The van der Waals surface area contributed by atoms with Gasteiger partial charge in [0.2, 0.25) is 11.8 Å². The summed E-state index contributed by atoms with van der Waals surface area (Å²) in [6.07, 6.45) is 2.84. The molecule has 1 aromatic heterocycles. The van der Waals surface area contributed by atoms with Crippen LogP contribution in [0.15, 0.2) is 18.2 Å². The minimum atomic E-state index is -3.37. The summed E-state index contributed by atoms with van der Waals surface area (Å²) in [6.45, 7) is 6.01. The Morgan fingerprint density at radius 3 is 2.49 bits per heavy atom. The molecule has 1 aliphatic carbocycles.